The summed E-state index contributed by atoms with van der Waals surface area (Å²) in [6.07, 6.45) is 1.75. The van der Waals surface area contributed by atoms with Crippen molar-refractivity contribution in [2.24, 2.45) is 0 Å². The Hall–Kier alpha value is -0.910. The molecule has 0 amide bonds. The Bertz CT molecular complexity index is 489. The van der Waals surface area contributed by atoms with Gasteiger partial charge in [-0.05, 0) is 25.1 Å². The van der Waals surface area contributed by atoms with Gasteiger partial charge in [-0.25, -0.2) is 4.98 Å². The van der Waals surface area contributed by atoms with E-state index in [0.717, 1.165) is 15.2 Å². The highest BCUT2D eigenvalue weighted by atomic mass is 79.9. The van der Waals surface area contributed by atoms with Crippen LogP contribution < -0.4 is 5.32 Å². The summed E-state index contributed by atoms with van der Waals surface area (Å²) in [6.45, 7) is 1.93. The second kappa shape index (κ2) is 5.16. The number of anilines is 1. The highest BCUT2D eigenvalue weighted by Gasteiger charge is 2.28. The van der Waals surface area contributed by atoms with E-state index in [1.54, 1.807) is 6.20 Å². The fraction of sp³-hybridized carbons (Fsp3) is 0.250. The molecule has 1 atom stereocenters. The van der Waals surface area contributed by atoms with Crippen molar-refractivity contribution in [1.82, 2.24) is 4.98 Å². The van der Waals surface area contributed by atoms with E-state index in [0.29, 0.717) is 0 Å². The molecule has 0 fully saturated rings. The quantitative estimate of drug-likeness (QED) is 0.911. The van der Waals surface area contributed by atoms with Gasteiger partial charge in [-0.1, -0.05) is 22.0 Å². The lowest BCUT2D eigenvalue weighted by molar-refractivity contribution is 0.223. The van der Waals surface area contributed by atoms with Crippen molar-refractivity contribution in [1.29, 1.82) is 0 Å². The molecule has 90 valence electrons. The lowest BCUT2D eigenvalue weighted by Gasteiger charge is -2.27. The van der Waals surface area contributed by atoms with Crippen LogP contribution >= 0.6 is 27.3 Å². The molecule has 0 aliphatic heterocycles. The van der Waals surface area contributed by atoms with Gasteiger partial charge in [0.1, 0.15) is 10.5 Å². The maximum absolute atomic E-state index is 9.58. The summed E-state index contributed by atoms with van der Waals surface area (Å²) in [5, 5.41) is 15.7. The number of nitrogens with one attached hydrogen (secondary N) is 1. The molecule has 0 bridgehead atoms. The zero-order chi connectivity index (χ0) is 12.3. The van der Waals surface area contributed by atoms with Crippen molar-refractivity contribution in [3.63, 3.8) is 0 Å². The summed E-state index contributed by atoms with van der Waals surface area (Å²) >= 11 is 4.96. The van der Waals surface area contributed by atoms with E-state index in [9.17, 15) is 5.11 Å². The summed E-state index contributed by atoms with van der Waals surface area (Å²) in [7, 11) is 0. The van der Waals surface area contributed by atoms with E-state index in [4.69, 9.17) is 0 Å². The van der Waals surface area contributed by atoms with Crippen LogP contribution in [0.1, 0.15) is 11.9 Å². The zero-order valence-electron chi connectivity index (χ0n) is 9.35. The number of aliphatic hydroxyl groups excluding tert-OH is 1. The van der Waals surface area contributed by atoms with Gasteiger partial charge in [0.15, 0.2) is 0 Å². The molecule has 2 rings (SSSR count). The van der Waals surface area contributed by atoms with Crippen LogP contribution in [0.25, 0.3) is 0 Å². The van der Waals surface area contributed by atoms with E-state index in [1.165, 1.54) is 11.3 Å². The predicted molar refractivity (Wildman–Crippen MR) is 74.3 cm³/mol. The van der Waals surface area contributed by atoms with Crippen LogP contribution in [0.4, 0.5) is 5.69 Å². The largest absolute Gasteiger partial charge is 0.393 e. The molecule has 2 aromatic rings. The molecule has 0 aliphatic rings. The number of aliphatic hydroxyl groups is 1. The van der Waals surface area contributed by atoms with Gasteiger partial charge >= 0.3 is 0 Å². The van der Waals surface area contributed by atoms with Crippen LogP contribution in [0, 0.1) is 0 Å². The van der Waals surface area contributed by atoms with Crippen LogP contribution in [0.3, 0.4) is 0 Å². The molecule has 17 heavy (non-hydrogen) atoms. The van der Waals surface area contributed by atoms with E-state index >= 15 is 0 Å². The van der Waals surface area contributed by atoms with Crippen molar-refractivity contribution >= 4 is 33.0 Å². The number of rotatable bonds is 4. The summed E-state index contributed by atoms with van der Waals surface area (Å²) in [4.78, 5) is 4.26. The van der Waals surface area contributed by atoms with Gasteiger partial charge in [-0.2, -0.15) is 0 Å². The van der Waals surface area contributed by atoms with Gasteiger partial charge < -0.3 is 10.4 Å². The Balaban J connectivity index is 2.26. The highest BCUT2D eigenvalue weighted by molar-refractivity contribution is 9.10. The topological polar surface area (TPSA) is 45.1 Å². The smallest absolute Gasteiger partial charge is 0.120 e. The van der Waals surface area contributed by atoms with Crippen molar-refractivity contribution in [3.8, 4) is 0 Å². The fourth-order valence-electron chi connectivity index (χ4n) is 1.54. The Morgan fingerprint density at radius 1 is 1.53 bits per heavy atom. The molecule has 0 saturated heterocycles. The number of benzene rings is 1. The molecular formula is C12H13BrN2OS. The third-order valence-corrected chi connectivity index (χ3v) is 4.00. The van der Waals surface area contributed by atoms with Crippen LogP contribution in [0.5, 0.6) is 0 Å². The number of hydrogen-bond donors (Lipinski definition) is 2. The second-order valence-electron chi connectivity index (χ2n) is 3.96. The molecule has 1 heterocycles. The lowest BCUT2D eigenvalue weighted by Crippen LogP contribution is -2.35. The van der Waals surface area contributed by atoms with Crippen LogP contribution in [-0.4, -0.2) is 16.7 Å². The first-order valence-corrected chi connectivity index (χ1v) is 6.86. The lowest BCUT2D eigenvalue weighted by atomic mass is 10.0. The Kier molecular flexibility index (Phi) is 3.81. The second-order valence-corrected chi connectivity index (χ2v) is 5.77. The minimum absolute atomic E-state index is 0.00692. The summed E-state index contributed by atoms with van der Waals surface area (Å²) in [6, 6.07) is 7.85. The first-order chi connectivity index (χ1) is 8.14. The van der Waals surface area contributed by atoms with Gasteiger partial charge in [0.2, 0.25) is 0 Å². The van der Waals surface area contributed by atoms with Crippen LogP contribution in [0.15, 0.2) is 40.3 Å². The molecule has 0 spiro atoms. The molecular weight excluding hydrogens is 300 g/mol. The molecule has 5 heteroatoms. The van der Waals surface area contributed by atoms with Crippen molar-refractivity contribution < 1.29 is 5.11 Å². The standard InChI is InChI=1S/C12H13BrN2OS/c1-12(8-16,11-14-5-6-17-11)15-10-4-2-3-9(13)7-10/h2-7,15-16H,8H2,1H3. The van der Waals surface area contributed by atoms with E-state index < -0.39 is 5.54 Å². The third kappa shape index (κ3) is 2.86. The molecule has 0 saturated carbocycles. The number of aromatic nitrogens is 1. The average Bonchev–Trinajstić information content (AvgIpc) is 2.83. The van der Waals surface area contributed by atoms with Gasteiger partial charge in [-0.3, -0.25) is 0 Å². The average molecular weight is 313 g/mol. The maximum atomic E-state index is 9.58. The Morgan fingerprint density at radius 3 is 2.94 bits per heavy atom. The number of hydrogen-bond acceptors (Lipinski definition) is 4. The summed E-state index contributed by atoms with van der Waals surface area (Å²) in [5.41, 5.74) is 0.403. The molecule has 1 aromatic carbocycles. The van der Waals surface area contributed by atoms with Crippen LogP contribution in [0.2, 0.25) is 0 Å². The summed E-state index contributed by atoms with van der Waals surface area (Å²) < 4.78 is 1.00. The number of thiazole rings is 1. The molecule has 2 N–H and O–H groups in total. The van der Waals surface area contributed by atoms with Crippen molar-refractivity contribution in [3.05, 3.63) is 45.3 Å². The Labute approximate surface area is 113 Å². The molecule has 0 radical (unpaired) electrons. The zero-order valence-corrected chi connectivity index (χ0v) is 11.8. The van der Waals surface area contributed by atoms with Gasteiger partial charge in [0.25, 0.3) is 0 Å². The molecule has 1 aromatic heterocycles. The van der Waals surface area contributed by atoms with Crippen LogP contribution in [-0.2, 0) is 5.54 Å². The molecule has 3 nitrogen and oxygen atoms in total. The minimum Gasteiger partial charge on any atom is -0.393 e. The third-order valence-electron chi connectivity index (χ3n) is 2.47. The number of halogens is 1. The van der Waals surface area contributed by atoms with E-state index in [2.05, 4.69) is 26.2 Å². The molecule has 1 unspecified atom stereocenters. The van der Waals surface area contributed by atoms with Crippen molar-refractivity contribution in [2.75, 3.05) is 11.9 Å². The van der Waals surface area contributed by atoms with Gasteiger partial charge in [0.05, 0.1) is 6.61 Å². The fourth-order valence-corrected chi connectivity index (χ4v) is 2.69. The maximum Gasteiger partial charge on any atom is 0.120 e. The molecule has 0 aliphatic carbocycles. The highest BCUT2D eigenvalue weighted by Crippen LogP contribution is 2.28. The first-order valence-electron chi connectivity index (χ1n) is 5.19. The van der Waals surface area contributed by atoms with Gasteiger partial charge in [-0.15, -0.1) is 11.3 Å². The van der Waals surface area contributed by atoms with E-state index in [1.807, 2.05) is 36.6 Å². The predicted octanol–water partition coefficient (Wildman–Crippen LogP) is 3.23. The van der Waals surface area contributed by atoms with Crippen molar-refractivity contribution in [2.45, 2.75) is 12.5 Å². The summed E-state index contributed by atoms with van der Waals surface area (Å²) in [5.74, 6) is 0. The minimum atomic E-state index is -0.547. The normalized spacial score (nSPS) is 14.3. The van der Waals surface area contributed by atoms with E-state index in [-0.39, 0.29) is 6.61 Å². The SMILES string of the molecule is CC(CO)(Nc1cccc(Br)c1)c1nccs1. The first kappa shape index (κ1) is 12.5. The van der Waals surface area contributed by atoms with Gasteiger partial charge in [0, 0.05) is 21.7 Å². The monoisotopic (exact) mass is 312 g/mol. The Morgan fingerprint density at radius 2 is 2.35 bits per heavy atom. The number of nitrogens with zero attached hydrogens (tertiary/aromatic N) is 1.